The molecule has 0 radical (unpaired) electrons. The topological polar surface area (TPSA) is 91.5 Å². The lowest BCUT2D eigenvalue weighted by atomic mass is 9.96. The molecule has 1 aliphatic rings. The zero-order valence-corrected chi connectivity index (χ0v) is 19.2. The maximum Gasteiger partial charge on any atom is 0.340 e. The Kier molecular flexibility index (Phi) is 8.09. The fourth-order valence-electron chi connectivity index (χ4n) is 4.30. The Bertz CT molecular complexity index is 952. The van der Waals surface area contributed by atoms with Gasteiger partial charge in [-0.05, 0) is 57.6 Å². The number of hydrogen-bond donors (Lipinski definition) is 2. The first-order chi connectivity index (χ1) is 15.4. The zero-order chi connectivity index (χ0) is 23.1. The van der Waals surface area contributed by atoms with E-state index in [0.717, 1.165) is 25.7 Å². The highest BCUT2D eigenvalue weighted by molar-refractivity contribution is 6.00. The lowest BCUT2D eigenvalue weighted by molar-refractivity contribution is -0.126. The highest BCUT2D eigenvalue weighted by atomic mass is 16.5. The molecule has 0 aliphatic carbocycles. The van der Waals surface area contributed by atoms with Gasteiger partial charge in [0.1, 0.15) is 5.69 Å². The van der Waals surface area contributed by atoms with Crippen LogP contribution in [0, 0.1) is 19.8 Å². The van der Waals surface area contributed by atoms with Crippen LogP contribution in [0.5, 0.6) is 0 Å². The molecule has 3 rings (SSSR count). The summed E-state index contributed by atoms with van der Waals surface area (Å²) < 4.78 is 5.11. The summed E-state index contributed by atoms with van der Waals surface area (Å²) in [5, 5.41) is 3.03. The Hall–Kier alpha value is -3.09. The molecule has 2 heterocycles. The van der Waals surface area contributed by atoms with Crippen molar-refractivity contribution in [1.82, 2.24) is 15.2 Å². The summed E-state index contributed by atoms with van der Waals surface area (Å²) in [6.45, 7) is 7.15. The number of piperidine rings is 1. The van der Waals surface area contributed by atoms with Crippen molar-refractivity contribution in [3.05, 3.63) is 58.4 Å². The van der Waals surface area contributed by atoms with E-state index in [0.29, 0.717) is 42.1 Å². The summed E-state index contributed by atoms with van der Waals surface area (Å²) in [6.07, 6.45) is 3.34. The van der Waals surface area contributed by atoms with Crippen LogP contribution in [0.2, 0.25) is 0 Å². The van der Waals surface area contributed by atoms with Gasteiger partial charge in [0, 0.05) is 25.3 Å². The predicted octanol–water partition coefficient (Wildman–Crippen LogP) is 3.41. The Morgan fingerprint density at radius 3 is 2.66 bits per heavy atom. The number of ether oxygens (including phenoxy) is 1. The van der Waals surface area contributed by atoms with E-state index in [1.165, 1.54) is 5.56 Å². The smallest absolute Gasteiger partial charge is 0.340 e. The van der Waals surface area contributed by atoms with Crippen LogP contribution in [0.4, 0.5) is 0 Å². The molecule has 7 nitrogen and oxygen atoms in total. The van der Waals surface area contributed by atoms with Crippen LogP contribution < -0.4 is 5.32 Å². The van der Waals surface area contributed by atoms with Crippen LogP contribution in [0.15, 0.2) is 30.3 Å². The van der Waals surface area contributed by atoms with Crippen molar-refractivity contribution in [1.29, 1.82) is 0 Å². The number of esters is 1. The van der Waals surface area contributed by atoms with E-state index in [1.807, 2.05) is 18.2 Å². The van der Waals surface area contributed by atoms with Crippen LogP contribution in [-0.2, 0) is 16.0 Å². The summed E-state index contributed by atoms with van der Waals surface area (Å²) in [7, 11) is 0. The lowest BCUT2D eigenvalue weighted by Crippen LogP contribution is -2.45. The van der Waals surface area contributed by atoms with Gasteiger partial charge in [-0.1, -0.05) is 30.3 Å². The van der Waals surface area contributed by atoms with Crippen molar-refractivity contribution in [3.8, 4) is 0 Å². The quantitative estimate of drug-likeness (QED) is 0.487. The average molecular weight is 440 g/mol. The number of aryl methyl sites for hydroxylation is 2. The third-order valence-corrected chi connectivity index (χ3v) is 5.99. The largest absolute Gasteiger partial charge is 0.462 e. The second kappa shape index (κ2) is 11.0. The summed E-state index contributed by atoms with van der Waals surface area (Å²) in [6, 6.07) is 10.2. The van der Waals surface area contributed by atoms with E-state index in [4.69, 9.17) is 4.74 Å². The lowest BCUT2D eigenvalue weighted by Gasteiger charge is -2.32. The summed E-state index contributed by atoms with van der Waals surface area (Å²) in [4.78, 5) is 42.9. The maximum absolute atomic E-state index is 13.2. The molecule has 1 fully saturated rings. The molecular formula is C25H33N3O4. The fourth-order valence-corrected chi connectivity index (χ4v) is 4.30. The minimum absolute atomic E-state index is 0.00200. The molecule has 0 saturated carbocycles. The van der Waals surface area contributed by atoms with Crippen LogP contribution >= 0.6 is 0 Å². The fraction of sp³-hybridized carbons (Fsp3) is 0.480. The van der Waals surface area contributed by atoms with Crippen LogP contribution in [0.3, 0.4) is 0 Å². The number of amides is 2. The van der Waals surface area contributed by atoms with E-state index < -0.39 is 5.97 Å². The molecule has 2 N–H and O–H groups in total. The van der Waals surface area contributed by atoms with Crippen LogP contribution in [-0.4, -0.2) is 53.9 Å². The number of likely N-dealkylation sites (tertiary alicyclic amines) is 1. The summed E-state index contributed by atoms with van der Waals surface area (Å²) in [5.74, 6) is -0.820. The maximum atomic E-state index is 13.2. The Labute approximate surface area is 189 Å². The third kappa shape index (κ3) is 5.58. The van der Waals surface area contributed by atoms with Gasteiger partial charge >= 0.3 is 5.97 Å². The second-order valence-electron chi connectivity index (χ2n) is 8.32. The van der Waals surface area contributed by atoms with Gasteiger partial charge in [-0.2, -0.15) is 0 Å². The monoisotopic (exact) mass is 439 g/mol. The molecule has 1 unspecified atom stereocenters. The molecule has 172 valence electrons. The van der Waals surface area contributed by atoms with Gasteiger partial charge in [0.05, 0.1) is 18.1 Å². The van der Waals surface area contributed by atoms with Crippen molar-refractivity contribution in [2.24, 2.45) is 5.92 Å². The number of nitrogens with zero attached hydrogens (tertiary/aromatic N) is 1. The minimum Gasteiger partial charge on any atom is -0.462 e. The van der Waals surface area contributed by atoms with Gasteiger partial charge < -0.3 is 19.9 Å². The molecule has 1 aromatic carbocycles. The predicted molar refractivity (Wildman–Crippen MR) is 123 cm³/mol. The molecule has 1 aliphatic heterocycles. The number of hydrogen-bond acceptors (Lipinski definition) is 4. The summed E-state index contributed by atoms with van der Waals surface area (Å²) in [5.41, 5.74) is 3.29. The van der Waals surface area contributed by atoms with Crippen molar-refractivity contribution in [2.45, 2.75) is 46.5 Å². The molecule has 1 atom stereocenters. The highest BCUT2D eigenvalue weighted by Crippen LogP contribution is 2.23. The number of carbonyl (C=O) groups excluding carboxylic acids is 3. The van der Waals surface area contributed by atoms with E-state index in [2.05, 4.69) is 22.4 Å². The molecule has 0 bridgehead atoms. The van der Waals surface area contributed by atoms with Gasteiger partial charge in [0.2, 0.25) is 5.91 Å². The van der Waals surface area contributed by atoms with Gasteiger partial charge in [-0.15, -0.1) is 0 Å². The standard InChI is InChI=1S/C25H33N3O4/c1-4-32-25(31)21-17(2)22(27-18(21)3)24(30)28-15-9-13-20(16-28)23(29)26-14-8-12-19-10-6-5-7-11-19/h5-7,10-11,20,27H,4,8-9,12-16H2,1-3H3,(H,26,29). The van der Waals surface area contributed by atoms with Gasteiger partial charge in [-0.3, -0.25) is 9.59 Å². The molecule has 2 amide bonds. The molecule has 1 aromatic heterocycles. The molecule has 2 aromatic rings. The van der Waals surface area contributed by atoms with Crippen molar-refractivity contribution in [3.63, 3.8) is 0 Å². The van der Waals surface area contributed by atoms with E-state index in [9.17, 15) is 14.4 Å². The number of H-pyrrole nitrogens is 1. The van der Waals surface area contributed by atoms with Crippen molar-refractivity contribution < 1.29 is 19.1 Å². The Balaban J connectivity index is 1.56. The second-order valence-corrected chi connectivity index (χ2v) is 8.32. The number of carbonyl (C=O) groups is 3. The van der Waals surface area contributed by atoms with E-state index in [1.54, 1.807) is 25.7 Å². The first kappa shape index (κ1) is 23.6. The number of aromatic amines is 1. The molecule has 7 heteroatoms. The van der Waals surface area contributed by atoms with E-state index in [-0.39, 0.29) is 24.3 Å². The van der Waals surface area contributed by atoms with Gasteiger partial charge in [0.15, 0.2) is 0 Å². The van der Waals surface area contributed by atoms with Crippen molar-refractivity contribution in [2.75, 3.05) is 26.2 Å². The number of rotatable bonds is 8. The van der Waals surface area contributed by atoms with Gasteiger partial charge in [-0.25, -0.2) is 4.79 Å². The first-order valence-electron chi connectivity index (χ1n) is 11.4. The van der Waals surface area contributed by atoms with Crippen LogP contribution in [0.25, 0.3) is 0 Å². The molecule has 0 spiro atoms. The SMILES string of the molecule is CCOC(=O)c1c(C)[nH]c(C(=O)N2CCCC(C(=O)NCCCc3ccccc3)C2)c1C. The summed E-state index contributed by atoms with van der Waals surface area (Å²) >= 11 is 0. The van der Waals surface area contributed by atoms with E-state index >= 15 is 0 Å². The zero-order valence-electron chi connectivity index (χ0n) is 19.2. The number of benzene rings is 1. The molecule has 32 heavy (non-hydrogen) atoms. The minimum atomic E-state index is -0.427. The third-order valence-electron chi connectivity index (χ3n) is 5.99. The number of aromatic nitrogens is 1. The normalized spacial score (nSPS) is 16.0. The Morgan fingerprint density at radius 2 is 1.94 bits per heavy atom. The number of nitrogens with one attached hydrogen (secondary N) is 2. The van der Waals surface area contributed by atoms with Crippen LogP contribution in [0.1, 0.15) is 63.9 Å². The average Bonchev–Trinajstić information content (AvgIpc) is 3.10. The first-order valence-corrected chi connectivity index (χ1v) is 11.4. The van der Waals surface area contributed by atoms with Gasteiger partial charge in [0.25, 0.3) is 5.91 Å². The Morgan fingerprint density at radius 1 is 1.19 bits per heavy atom. The molecular weight excluding hydrogens is 406 g/mol. The molecule has 1 saturated heterocycles. The van der Waals surface area contributed by atoms with Crippen molar-refractivity contribution >= 4 is 17.8 Å². The highest BCUT2D eigenvalue weighted by Gasteiger charge is 2.31.